The van der Waals surface area contributed by atoms with Gasteiger partial charge in [0.05, 0.1) is 6.61 Å². The second kappa shape index (κ2) is 6.59. The number of hydrogen-bond donors (Lipinski definition) is 1. The summed E-state index contributed by atoms with van der Waals surface area (Å²) in [5.74, 6) is 1.98. The highest BCUT2D eigenvalue weighted by molar-refractivity contribution is 5.37. The Hall–Kier alpha value is -1.06. The molecule has 2 aliphatic heterocycles. The zero-order chi connectivity index (χ0) is 13.8. The van der Waals surface area contributed by atoms with Gasteiger partial charge in [-0.15, -0.1) is 0 Å². The highest BCUT2D eigenvalue weighted by Crippen LogP contribution is 2.31. The van der Waals surface area contributed by atoms with Crippen LogP contribution in [-0.4, -0.2) is 37.7 Å². The number of likely N-dealkylation sites (tertiary alicyclic amines) is 1. The standard InChI is InChI=1S/C17H26N2O/c1-14-6-10-19(11-7-14)12-9-18-16-8-13-20-17-5-3-2-4-15(16)17/h2-5,14,16,18H,6-13H2,1H3. The van der Waals surface area contributed by atoms with Crippen LogP contribution in [0.1, 0.15) is 37.8 Å². The first-order chi connectivity index (χ1) is 9.83. The number of fused-ring (bicyclic) bond motifs is 1. The van der Waals surface area contributed by atoms with Gasteiger partial charge in [0, 0.05) is 31.1 Å². The van der Waals surface area contributed by atoms with Crippen molar-refractivity contribution in [3.05, 3.63) is 29.8 Å². The second-order valence-corrected chi connectivity index (χ2v) is 6.21. The van der Waals surface area contributed by atoms with Gasteiger partial charge in [-0.3, -0.25) is 0 Å². The molecule has 2 heterocycles. The zero-order valence-electron chi connectivity index (χ0n) is 12.5. The molecular formula is C17H26N2O. The fourth-order valence-corrected chi connectivity index (χ4v) is 3.24. The van der Waals surface area contributed by atoms with E-state index in [-0.39, 0.29) is 0 Å². The minimum Gasteiger partial charge on any atom is -0.493 e. The van der Waals surface area contributed by atoms with Gasteiger partial charge in [-0.05, 0) is 37.9 Å². The third-order valence-electron chi connectivity index (χ3n) is 4.65. The maximum absolute atomic E-state index is 5.71. The van der Waals surface area contributed by atoms with Crippen LogP contribution in [-0.2, 0) is 0 Å². The average molecular weight is 274 g/mol. The van der Waals surface area contributed by atoms with E-state index in [0.717, 1.165) is 31.2 Å². The number of ether oxygens (including phenoxy) is 1. The Morgan fingerprint density at radius 1 is 1.20 bits per heavy atom. The summed E-state index contributed by atoms with van der Waals surface area (Å²) in [5, 5.41) is 3.71. The van der Waals surface area contributed by atoms with Crippen LogP contribution in [0.3, 0.4) is 0 Å². The number of rotatable bonds is 4. The zero-order valence-corrected chi connectivity index (χ0v) is 12.5. The summed E-state index contributed by atoms with van der Waals surface area (Å²) in [6, 6.07) is 8.89. The van der Waals surface area contributed by atoms with Gasteiger partial charge in [-0.1, -0.05) is 25.1 Å². The van der Waals surface area contributed by atoms with E-state index < -0.39 is 0 Å². The summed E-state index contributed by atoms with van der Waals surface area (Å²) < 4.78 is 5.71. The summed E-state index contributed by atoms with van der Waals surface area (Å²) >= 11 is 0. The van der Waals surface area contributed by atoms with Crippen LogP contribution in [0.5, 0.6) is 5.75 Å². The SMILES string of the molecule is CC1CCN(CCNC2CCOc3ccccc32)CC1. The highest BCUT2D eigenvalue weighted by atomic mass is 16.5. The van der Waals surface area contributed by atoms with E-state index in [1.165, 1.54) is 38.0 Å². The molecule has 1 aromatic carbocycles. The van der Waals surface area contributed by atoms with Gasteiger partial charge in [0.2, 0.25) is 0 Å². The molecule has 0 spiro atoms. The van der Waals surface area contributed by atoms with Gasteiger partial charge in [-0.25, -0.2) is 0 Å². The lowest BCUT2D eigenvalue weighted by Crippen LogP contribution is -2.39. The van der Waals surface area contributed by atoms with Crippen molar-refractivity contribution in [2.45, 2.75) is 32.2 Å². The molecule has 3 rings (SSSR count). The van der Waals surface area contributed by atoms with Crippen molar-refractivity contribution in [3.63, 3.8) is 0 Å². The molecule has 3 heteroatoms. The number of para-hydroxylation sites is 1. The first-order valence-corrected chi connectivity index (χ1v) is 8.00. The third-order valence-corrected chi connectivity index (χ3v) is 4.65. The van der Waals surface area contributed by atoms with Crippen molar-refractivity contribution < 1.29 is 4.74 Å². The van der Waals surface area contributed by atoms with Crippen molar-refractivity contribution in [2.24, 2.45) is 5.92 Å². The Morgan fingerprint density at radius 3 is 2.85 bits per heavy atom. The Kier molecular flexibility index (Phi) is 4.58. The van der Waals surface area contributed by atoms with E-state index in [4.69, 9.17) is 4.74 Å². The van der Waals surface area contributed by atoms with Crippen molar-refractivity contribution in [1.82, 2.24) is 10.2 Å². The van der Waals surface area contributed by atoms with E-state index in [1.807, 2.05) is 0 Å². The van der Waals surface area contributed by atoms with Crippen molar-refractivity contribution in [1.29, 1.82) is 0 Å². The van der Waals surface area contributed by atoms with E-state index in [0.29, 0.717) is 6.04 Å². The molecule has 110 valence electrons. The molecule has 0 aliphatic carbocycles. The average Bonchev–Trinajstić information content (AvgIpc) is 2.49. The normalized spacial score (nSPS) is 24.1. The maximum atomic E-state index is 5.71. The largest absolute Gasteiger partial charge is 0.493 e. The molecule has 0 saturated carbocycles. The fraction of sp³-hybridized carbons (Fsp3) is 0.647. The molecule has 1 aromatic rings. The minimum absolute atomic E-state index is 0.462. The number of piperidine rings is 1. The third kappa shape index (κ3) is 3.33. The Labute approximate surface area is 122 Å². The number of nitrogens with one attached hydrogen (secondary N) is 1. The molecule has 20 heavy (non-hydrogen) atoms. The van der Waals surface area contributed by atoms with Gasteiger partial charge < -0.3 is 15.0 Å². The number of nitrogens with zero attached hydrogens (tertiary/aromatic N) is 1. The van der Waals surface area contributed by atoms with E-state index >= 15 is 0 Å². The van der Waals surface area contributed by atoms with Crippen LogP contribution in [0.15, 0.2) is 24.3 Å². The lowest BCUT2D eigenvalue weighted by Gasteiger charge is -2.31. The second-order valence-electron chi connectivity index (χ2n) is 6.21. The highest BCUT2D eigenvalue weighted by Gasteiger charge is 2.21. The molecule has 0 bridgehead atoms. The van der Waals surface area contributed by atoms with Crippen LogP contribution in [0.25, 0.3) is 0 Å². The van der Waals surface area contributed by atoms with Gasteiger partial charge in [0.25, 0.3) is 0 Å². The van der Waals surface area contributed by atoms with Crippen molar-refractivity contribution in [3.8, 4) is 5.75 Å². The van der Waals surface area contributed by atoms with Crippen LogP contribution < -0.4 is 10.1 Å². The molecule has 0 amide bonds. The first-order valence-electron chi connectivity index (χ1n) is 8.00. The molecule has 0 aromatic heterocycles. The molecule has 1 fully saturated rings. The lowest BCUT2D eigenvalue weighted by atomic mass is 9.99. The smallest absolute Gasteiger partial charge is 0.124 e. The summed E-state index contributed by atoms with van der Waals surface area (Å²) in [4.78, 5) is 2.60. The molecular weight excluding hydrogens is 248 g/mol. The first kappa shape index (κ1) is 13.9. The Bertz CT molecular complexity index is 427. The molecule has 1 saturated heterocycles. The monoisotopic (exact) mass is 274 g/mol. The predicted molar refractivity (Wildman–Crippen MR) is 82.1 cm³/mol. The summed E-state index contributed by atoms with van der Waals surface area (Å²) in [5.41, 5.74) is 1.33. The fourth-order valence-electron chi connectivity index (χ4n) is 3.24. The van der Waals surface area contributed by atoms with Crippen LogP contribution in [0, 0.1) is 5.92 Å². The van der Waals surface area contributed by atoms with E-state index in [9.17, 15) is 0 Å². The van der Waals surface area contributed by atoms with Crippen LogP contribution in [0.2, 0.25) is 0 Å². The van der Waals surface area contributed by atoms with Crippen LogP contribution in [0.4, 0.5) is 0 Å². The van der Waals surface area contributed by atoms with E-state index in [1.54, 1.807) is 0 Å². The molecule has 1 unspecified atom stereocenters. The topological polar surface area (TPSA) is 24.5 Å². The van der Waals surface area contributed by atoms with Gasteiger partial charge in [0.15, 0.2) is 0 Å². The lowest BCUT2D eigenvalue weighted by molar-refractivity contribution is 0.187. The quantitative estimate of drug-likeness (QED) is 0.913. The molecule has 1 N–H and O–H groups in total. The molecule has 2 aliphatic rings. The molecule has 3 nitrogen and oxygen atoms in total. The maximum Gasteiger partial charge on any atom is 0.124 e. The van der Waals surface area contributed by atoms with Crippen molar-refractivity contribution in [2.75, 3.05) is 32.8 Å². The number of benzene rings is 1. The molecule has 0 radical (unpaired) electrons. The Balaban J connectivity index is 1.47. The van der Waals surface area contributed by atoms with Gasteiger partial charge in [-0.2, -0.15) is 0 Å². The van der Waals surface area contributed by atoms with Gasteiger partial charge >= 0.3 is 0 Å². The van der Waals surface area contributed by atoms with Crippen molar-refractivity contribution >= 4 is 0 Å². The number of hydrogen-bond acceptors (Lipinski definition) is 3. The van der Waals surface area contributed by atoms with Crippen LogP contribution >= 0.6 is 0 Å². The Morgan fingerprint density at radius 2 is 2.00 bits per heavy atom. The van der Waals surface area contributed by atoms with E-state index in [2.05, 4.69) is 41.4 Å². The summed E-state index contributed by atoms with van der Waals surface area (Å²) in [6.07, 6.45) is 3.80. The summed E-state index contributed by atoms with van der Waals surface area (Å²) in [7, 11) is 0. The predicted octanol–water partition coefficient (Wildman–Crippen LogP) is 2.83. The summed E-state index contributed by atoms with van der Waals surface area (Å²) in [6.45, 7) is 7.99. The van der Waals surface area contributed by atoms with Gasteiger partial charge in [0.1, 0.15) is 5.75 Å². The minimum atomic E-state index is 0.462. The molecule has 1 atom stereocenters.